The van der Waals surface area contributed by atoms with Gasteiger partial charge in [-0.25, -0.2) is 4.79 Å². The van der Waals surface area contributed by atoms with Crippen molar-refractivity contribution in [2.75, 3.05) is 59.8 Å². The molecule has 3 atom stereocenters. The van der Waals surface area contributed by atoms with Crippen molar-refractivity contribution in [2.45, 2.75) is 251 Å². The highest BCUT2D eigenvalue weighted by atomic mass is 16.6. The molecule has 0 spiro atoms. The standard InChI is InChI=1S/C57H100N2O14/c1-6-10-14-18-22-26-30-51(60)67-40-46(41-68-52(61)31-27-23-19-15-11-7-2)36-55(64)71-44-48-38-49(59(48)57(66)73-50-34-35-58(5)39-50)45-72-56(65)37-47(42-69-53(62)32-28-24-20-16-12-8-3)43-70-54(63)33-29-25-21-17-13-9-4/h46-50H,6-45H2,1-5H3/t48-,49-,50?/m1/s1. The molecule has 2 aliphatic heterocycles. The SMILES string of the molecule is CCCCCCCCC(=O)OCC(COC(=O)CCCCCCCC)CC(=O)OC[C@H]1C[C@H](COC(=O)CC(COC(=O)CCCCCCCC)COC(=O)CCCCCCCC)N1C(=O)OC1CCN(C)C1. The largest absolute Gasteiger partial charge is 0.465 e. The predicted octanol–water partition coefficient (Wildman–Crippen LogP) is 11.5. The normalized spacial score (nSPS) is 16.5. The Morgan fingerprint density at radius 3 is 1.04 bits per heavy atom. The quantitative estimate of drug-likeness (QED) is 0.0318. The Labute approximate surface area is 440 Å². The molecule has 0 aromatic heterocycles. The Bertz CT molecular complexity index is 1370. The van der Waals surface area contributed by atoms with Crippen LogP contribution >= 0.6 is 0 Å². The van der Waals surface area contributed by atoms with Gasteiger partial charge in [-0.05, 0) is 45.6 Å². The maximum Gasteiger partial charge on any atom is 0.410 e. The van der Waals surface area contributed by atoms with Crippen LogP contribution in [-0.4, -0.2) is 130 Å². The van der Waals surface area contributed by atoms with Crippen LogP contribution < -0.4 is 0 Å². The first kappa shape index (κ1) is 65.2. The Kier molecular flexibility index (Phi) is 37.8. The minimum Gasteiger partial charge on any atom is -0.465 e. The van der Waals surface area contributed by atoms with E-state index in [0.29, 0.717) is 45.1 Å². The molecule has 2 heterocycles. The molecule has 2 rings (SSSR count). The van der Waals surface area contributed by atoms with Crippen LogP contribution in [0.3, 0.4) is 0 Å². The van der Waals surface area contributed by atoms with Gasteiger partial charge in [-0.3, -0.25) is 33.7 Å². The van der Waals surface area contributed by atoms with Crippen molar-refractivity contribution < 1.29 is 66.7 Å². The summed E-state index contributed by atoms with van der Waals surface area (Å²) >= 11 is 0. The van der Waals surface area contributed by atoms with Crippen LogP contribution in [0.2, 0.25) is 0 Å². The number of carbonyl (C=O) groups excluding carboxylic acids is 7. The van der Waals surface area contributed by atoms with E-state index in [1.165, 1.54) is 30.6 Å². The van der Waals surface area contributed by atoms with Gasteiger partial charge in [0, 0.05) is 50.6 Å². The van der Waals surface area contributed by atoms with E-state index in [2.05, 4.69) is 32.6 Å². The van der Waals surface area contributed by atoms with Crippen molar-refractivity contribution in [1.82, 2.24) is 9.80 Å². The smallest absolute Gasteiger partial charge is 0.410 e. The van der Waals surface area contributed by atoms with Crippen LogP contribution in [-0.2, 0) is 61.9 Å². The number of ether oxygens (including phenoxy) is 7. The molecule has 1 amide bonds. The predicted molar refractivity (Wildman–Crippen MR) is 280 cm³/mol. The van der Waals surface area contributed by atoms with E-state index in [0.717, 1.165) is 109 Å². The molecule has 0 radical (unpaired) electrons. The van der Waals surface area contributed by atoms with Gasteiger partial charge in [-0.15, -0.1) is 0 Å². The van der Waals surface area contributed by atoms with Crippen LogP contribution in [0.25, 0.3) is 0 Å². The van der Waals surface area contributed by atoms with E-state index in [1.54, 1.807) is 0 Å². The lowest BCUT2D eigenvalue weighted by Crippen LogP contribution is -2.62. The summed E-state index contributed by atoms with van der Waals surface area (Å²) in [6.07, 6.45) is 25.4. The Balaban J connectivity index is 2.04. The van der Waals surface area contributed by atoms with Crippen LogP contribution in [0.15, 0.2) is 0 Å². The Hall–Kier alpha value is -3.95. The summed E-state index contributed by atoms with van der Waals surface area (Å²) in [4.78, 5) is 94.7. The Morgan fingerprint density at radius 1 is 0.425 bits per heavy atom. The van der Waals surface area contributed by atoms with Gasteiger partial charge in [-0.1, -0.05) is 156 Å². The second kappa shape index (κ2) is 42.3. The molecule has 0 saturated carbocycles. The number of amides is 1. The van der Waals surface area contributed by atoms with E-state index in [4.69, 9.17) is 33.2 Å². The zero-order valence-electron chi connectivity index (χ0n) is 46.3. The molecule has 16 nitrogen and oxygen atoms in total. The minimum absolute atomic E-state index is 0.108. The van der Waals surface area contributed by atoms with Crippen molar-refractivity contribution in [3.8, 4) is 0 Å². The van der Waals surface area contributed by atoms with Gasteiger partial charge >= 0.3 is 41.9 Å². The first-order chi connectivity index (χ1) is 35.4. The third kappa shape index (κ3) is 32.9. The second-order valence-electron chi connectivity index (χ2n) is 20.8. The minimum atomic E-state index is -0.625. The van der Waals surface area contributed by atoms with E-state index < -0.39 is 42.0 Å². The van der Waals surface area contributed by atoms with Gasteiger partial charge in [0.25, 0.3) is 0 Å². The molecule has 2 aliphatic rings. The van der Waals surface area contributed by atoms with Gasteiger partial charge in [-0.2, -0.15) is 0 Å². The fraction of sp³-hybridized carbons (Fsp3) is 0.877. The molecule has 0 aromatic carbocycles. The number of carbonyl (C=O) groups is 7. The third-order valence-electron chi connectivity index (χ3n) is 13.8. The van der Waals surface area contributed by atoms with Crippen LogP contribution in [0.4, 0.5) is 4.79 Å². The van der Waals surface area contributed by atoms with Crippen molar-refractivity contribution in [3.05, 3.63) is 0 Å². The molecule has 2 fully saturated rings. The van der Waals surface area contributed by atoms with Crippen molar-refractivity contribution in [2.24, 2.45) is 11.8 Å². The molecule has 0 N–H and O–H groups in total. The lowest BCUT2D eigenvalue weighted by atomic mass is 9.94. The molecule has 0 aliphatic carbocycles. The fourth-order valence-corrected chi connectivity index (χ4v) is 9.12. The lowest BCUT2D eigenvalue weighted by Gasteiger charge is -2.47. The van der Waals surface area contributed by atoms with Crippen LogP contribution in [0.5, 0.6) is 0 Å². The van der Waals surface area contributed by atoms with Crippen molar-refractivity contribution in [1.29, 1.82) is 0 Å². The molecule has 0 bridgehead atoms. The monoisotopic (exact) mass is 1040 g/mol. The molecular formula is C57H100N2O14. The summed E-state index contributed by atoms with van der Waals surface area (Å²) in [5.74, 6) is -3.91. The fourth-order valence-electron chi connectivity index (χ4n) is 9.12. The highest BCUT2D eigenvalue weighted by Gasteiger charge is 2.45. The summed E-state index contributed by atoms with van der Waals surface area (Å²) in [6, 6.07) is -1.12. The third-order valence-corrected chi connectivity index (χ3v) is 13.8. The molecule has 1 unspecified atom stereocenters. The van der Waals surface area contributed by atoms with Gasteiger partial charge < -0.3 is 38.1 Å². The highest BCUT2D eigenvalue weighted by Crippen LogP contribution is 2.29. The zero-order valence-corrected chi connectivity index (χ0v) is 46.3. The van der Waals surface area contributed by atoms with Gasteiger partial charge in [0.1, 0.15) is 19.3 Å². The van der Waals surface area contributed by atoms with E-state index in [-0.39, 0.29) is 108 Å². The summed E-state index contributed by atoms with van der Waals surface area (Å²) in [6.45, 7) is 9.23. The van der Waals surface area contributed by atoms with Crippen molar-refractivity contribution in [3.63, 3.8) is 0 Å². The second-order valence-corrected chi connectivity index (χ2v) is 20.8. The Morgan fingerprint density at radius 2 is 0.740 bits per heavy atom. The summed E-state index contributed by atoms with van der Waals surface area (Å²) in [7, 11) is 1.95. The summed E-state index contributed by atoms with van der Waals surface area (Å²) < 4.78 is 39.6. The van der Waals surface area contributed by atoms with Gasteiger partial charge in [0.15, 0.2) is 0 Å². The van der Waals surface area contributed by atoms with Crippen LogP contribution in [0.1, 0.15) is 233 Å². The van der Waals surface area contributed by atoms with E-state index >= 15 is 0 Å². The maximum atomic E-state index is 13.7. The molecule has 73 heavy (non-hydrogen) atoms. The number of hydrogen-bond donors (Lipinski definition) is 0. The number of likely N-dealkylation sites (N-methyl/N-ethyl adjacent to an activating group) is 1. The van der Waals surface area contributed by atoms with E-state index in [1.807, 2.05) is 7.05 Å². The highest BCUT2D eigenvalue weighted by molar-refractivity contribution is 5.73. The average Bonchev–Trinajstić information content (AvgIpc) is 3.77. The summed E-state index contributed by atoms with van der Waals surface area (Å²) in [5.41, 5.74) is 0. The molecule has 0 aromatic rings. The number of nitrogens with zero attached hydrogens (tertiary/aromatic N) is 2. The number of esters is 6. The topological polar surface area (TPSA) is 191 Å². The number of unbranched alkanes of at least 4 members (excludes halogenated alkanes) is 20. The molecular weight excluding hydrogens is 937 g/mol. The first-order valence-corrected chi connectivity index (χ1v) is 29.0. The first-order valence-electron chi connectivity index (χ1n) is 29.0. The number of rotatable bonds is 45. The maximum absolute atomic E-state index is 13.7. The van der Waals surface area contributed by atoms with Gasteiger partial charge in [0.05, 0.1) is 51.4 Å². The molecule has 16 heteroatoms. The lowest BCUT2D eigenvalue weighted by molar-refractivity contribution is -0.159. The van der Waals surface area contributed by atoms with Crippen molar-refractivity contribution >= 4 is 41.9 Å². The van der Waals surface area contributed by atoms with Crippen LogP contribution in [0, 0.1) is 11.8 Å². The number of likely N-dealkylation sites (tertiary alicyclic amines) is 2. The molecule has 2 saturated heterocycles. The summed E-state index contributed by atoms with van der Waals surface area (Å²) in [5, 5.41) is 0. The average molecular weight is 1040 g/mol. The van der Waals surface area contributed by atoms with E-state index in [9.17, 15) is 33.6 Å². The molecule has 422 valence electrons. The van der Waals surface area contributed by atoms with Gasteiger partial charge in [0.2, 0.25) is 0 Å². The number of hydrogen-bond acceptors (Lipinski definition) is 15. The zero-order chi connectivity index (χ0) is 53.3.